The van der Waals surface area contributed by atoms with Crippen molar-refractivity contribution in [1.29, 1.82) is 0 Å². The standard InChI is InChI=1S/C24H24N2O4/c1-17-12-21(13-23(27)25(17)2)30-22-14-26(15-22)24(28)16-29-20-10-8-19(9-11-20)18-6-4-3-5-7-18/h3-13,22H,14-16H2,1-2H3. The minimum absolute atomic E-state index is 0.0115. The van der Waals surface area contributed by atoms with Gasteiger partial charge in [0.25, 0.3) is 11.5 Å². The molecule has 1 fully saturated rings. The van der Waals surface area contributed by atoms with E-state index >= 15 is 0 Å². The van der Waals surface area contributed by atoms with Crippen LogP contribution in [0.4, 0.5) is 0 Å². The molecule has 0 aliphatic carbocycles. The fraction of sp³-hybridized carbons (Fsp3) is 0.250. The zero-order valence-electron chi connectivity index (χ0n) is 17.1. The molecular formula is C24H24N2O4. The quantitative estimate of drug-likeness (QED) is 0.634. The van der Waals surface area contributed by atoms with Gasteiger partial charge in [-0.05, 0) is 36.2 Å². The van der Waals surface area contributed by atoms with Crippen LogP contribution in [0.3, 0.4) is 0 Å². The van der Waals surface area contributed by atoms with Gasteiger partial charge < -0.3 is 18.9 Å². The molecule has 0 N–H and O–H groups in total. The summed E-state index contributed by atoms with van der Waals surface area (Å²) >= 11 is 0. The van der Waals surface area contributed by atoms with Crippen molar-refractivity contribution in [2.75, 3.05) is 19.7 Å². The monoisotopic (exact) mass is 404 g/mol. The molecule has 0 saturated carbocycles. The molecule has 1 aliphatic rings. The maximum Gasteiger partial charge on any atom is 0.260 e. The molecule has 1 aliphatic heterocycles. The topological polar surface area (TPSA) is 60.8 Å². The predicted molar refractivity (Wildman–Crippen MR) is 115 cm³/mol. The van der Waals surface area contributed by atoms with Crippen molar-refractivity contribution in [3.8, 4) is 22.6 Å². The highest BCUT2D eigenvalue weighted by Gasteiger charge is 2.32. The molecule has 154 valence electrons. The highest BCUT2D eigenvalue weighted by molar-refractivity contribution is 5.78. The van der Waals surface area contributed by atoms with Crippen LogP contribution < -0.4 is 15.0 Å². The molecule has 1 saturated heterocycles. The van der Waals surface area contributed by atoms with E-state index in [1.807, 2.05) is 55.5 Å². The lowest BCUT2D eigenvalue weighted by molar-refractivity contribution is -0.142. The second-order valence-corrected chi connectivity index (χ2v) is 7.45. The lowest BCUT2D eigenvalue weighted by Gasteiger charge is -2.38. The molecule has 6 nitrogen and oxygen atoms in total. The fourth-order valence-corrected chi connectivity index (χ4v) is 3.32. The summed E-state index contributed by atoms with van der Waals surface area (Å²) in [6.07, 6.45) is -0.106. The number of carbonyl (C=O) groups is 1. The second kappa shape index (κ2) is 8.45. The zero-order valence-corrected chi connectivity index (χ0v) is 17.1. The maximum absolute atomic E-state index is 12.3. The molecule has 30 heavy (non-hydrogen) atoms. The van der Waals surface area contributed by atoms with Crippen LogP contribution in [0.15, 0.2) is 71.5 Å². The van der Waals surface area contributed by atoms with Gasteiger partial charge in [-0.3, -0.25) is 9.59 Å². The normalized spacial score (nSPS) is 13.6. The Morgan fingerprint density at radius 1 is 0.967 bits per heavy atom. The number of aryl methyl sites for hydroxylation is 1. The predicted octanol–water partition coefficient (Wildman–Crippen LogP) is 3.03. The third-order valence-corrected chi connectivity index (χ3v) is 5.30. The Labute approximate surface area is 175 Å². The molecule has 0 unspecified atom stereocenters. The van der Waals surface area contributed by atoms with Crippen LogP contribution in [0.1, 0.15) is 5.69 Å². The highest BCUT2D eigenvalue weighted by atomic mass is 16.5. The van der Waals surface area contributed by atoms with E-state index in [0.29, 0.717) is 24.6 Å². The zero-order chi connectivity index (χ0) is 21.1. The summed E-state index contributed by atoms with van der Waals surface area (Å²) < 4.78 is 13.0. The van der Waals surface area contributed by atoms with Crippen LogP contribution in [0, 0.1) is 6.92 Å². The second-order valence-electron chi connectivity index (χ2n) is 7.45. The van der Waals surface area contributed by atoms with Gasteiger partial charge >= 0.3 is 0 Å². The van der Waals surface area contributed by atoms with E-state index < -0.39 is 0 Å². The first kappa shape index (κ1) is 19.8. The van der Waals surface area contributed by atoms with Crippen LogP contribution in [-0.2, 0) is 11.8 Å². The average Bonchev–Trinajstić information content (AvgIpc) is 2.73. The van der Waals surface area contributed by atoms with Gasteiger partial charge in [-0.2, -0.15) is 0 Å². The molecule has 0 spiro atoms. The van der Waals surface area contributed by atoms with E-state index in [-0.39, 0.29) is 24.2 Å². The van der Waals surface area contributed by atoms with Gasteiger partial charge in [-0.1, -0.05) is 42.5 Å². The van der Waals surface area contributed by atoms with Crippen molar-refractivity contribution >= 4 is 5.91 Å². The van der Waals surface area contributed by atoms with Crippen molar-refractivity contribution in [3.05, 3.63) is 82.8 Å². The van der Waals surface area contributed by atoms with E-state index in [9.17, 15) is 9.59 Å². The van der Waals surface area contributed by atoms with Gasteiger partial charge in [-0.15, -0.1) is 0 Å². The highest BCUT2D eigenvalue weighted by Crippen LogP contribution is 2.22. The van der Waals surface area contributed by atoms with E-state index in [1.165, 1.54) is 6.07 Å². The number of pyridine rings is 1. The van der Waals surface area contributed by atoms with Crippen LogP contribution in [-0.4, -0.2) is 41.2 Å². The summed E-state index contributed by atoms with van der Waals surface area (Å²) in [5, 5.41) is 0. The largest absolute Gasteiger partial charge is 0.486 e. The van der Waals surface area contributed by atoms with Gasteiger partial charge in [0.15, 0.2) is 6.61 Å². The molecule has 3 aromatic rings. The molecule has 2 aromatic carbocycles. The fourth-order valence-electron chi connectivity index (χ4n) is 3.32. The Morgan fingerprint density at radius 2 is 1.63 bits per heavy atom. The molecular weight excluding hydrogens is 380 g/mol. The third-order valence-electron chi connectivity index (χ3n) is 5.30. The summed E-state index contributed by atoms with van der Waals surface area (Å²) in [7, 11) is 1.72. The molecule has 1 aromatic heterocycles. The number of rotatable bonds is 6. The lowest BCUT2D eigenvalue weighted by Crippen LogP contribution is -2.57. The Morgan fingerprint density at radius 3 is 2.30 bits per heavy atom. The van der Waals surface area contributed by atoms with Gasteiger partial charge in [0.05, 0.1) is 13.1 Å². The molecule has 6 heteroatoms. The van der Waals surface area contributed by atoms with Crippen molar-refractivity contribution < 1.29 is 14.3 Å². The van der Waals surface area contributed by atoms with Gasteiger partial charge in [0, 0.05) is 18.8 Å². The first-order chi connectivity index (χ1) is 14.5. The number of amides is 1. The van der Waals surface area contributed by atoms with Crippen LogP contribution >= 0.6 is 0 Å². The number of ether oxygens (including phenoxy) is 2. The smallest absolute Gasteiger partial charge is 0.260 e. The number of benzene rings is 2. The molecule has 4 rings (SSSR count). The minimum atomic E-state index is -0.107. The number of likely N-dealkylation sites (tertiary alicyclic amines) is 1. The van der Waals surface area contributed by atoms with Gasteiger partial charge in [0.2, 0.25) is 0 Å². The van der Waals surface area contributed by atoms with Crippen LogP contribution in [0.5, 0.6) is 11.5 Å². The van der Waals surface area contributed by atoms with Crippen LogP contribution in [0.25, 0.3) is 11.1 Å². The molecule has 1 amide bonds. The average molecular weight is 404 g/mol. The summed E-state index contributed by atoms with van der Waals surface area (Å²) in [4.78, 5) is 25.9. The summed E-state index contributed by atoms with van der Waals surface area (Å²) in [6.45, 7) is 2.82. The number of hydrogen-bond acceptors (Lipinski definition) is 4. The molecule has 0 atom stereocenters. The van der Waals surface area contributed by atoms with E-state index in [2.05, 4.69) is 12.1 Å². The van der Waals surface area contributed by atoms with Gasteiger partial charge in [0.1, 0.15) is 17.6 Å². The SMILES string of the molecule is Cc1cc(OC2CN(C(=O)COc3ccc(-c4ccccc4)cc3)C2)cc(=O)n1C. The Kier molecular flexibility index (Phi) is 5.57. The van der Waals surface area contributed by atoms with Crippen LogP contribution in [0.2, 0.25) is 0 Å². The summed E-state index contributed by atoms with van der Waals surface area (Å²) in [6, 6.07) is 21.1. The third kappa shape index (κ3) is 4.38. The maximum atomic E-state index is 12.3. The lowest BCUT2D eigenvalue weighted by atomic mass is 10.1. The number of aromatic nitrogens is 1. The molecule has 0 bridgehead atoms. The molecule has 0 radical (unpaired) electrons. The summed E-state index contributed by atoms with van der Waals surface area (Å²) in [5.41, 5.74) is 2.96. The number of hydrogen-bond donors (Lipinski definition) is 0. The van der Waals surface area contributed by atoms with Crippen molar-refractivity contribution in [1.82, 2.24) is 9.47 Å². The van der Waals surface area contributed by atoms with Crippen molar-refractivity contribution in [2.24, 2.45) is 7.05 Å². The van der Waals surface area contributed by atoms with Gasteiger partial charge in [-0.25, -0.2) is 0 Å². The van der Waals surface area contributed by atoms with E-state index in [0.717, 1.165) is 16.8 Å². The van der Waals surface area contributed by atoms with Crippen molar-refractivity contribution in [2.45, 2.75) is 13.0 Å². The van der Waals surface area contributed by atoms with E-state index in [1.54, 1.807) is 16.5 Å². The minimum Gasteiger partial charge on any atom is -0.486 e. The number of nitrogens with zero attached hydrogens (tertiary/aromatic N) is 2. The first-order valence-electron chi connectivity index (χ1n) is 9.90. The first-order valence-corrected chi connectivity index (χ1v) is 9.90. The summed E-state index contributed by atoms with van der Waals surface area (Å²) in [5.74, 6) is 1.12. The Bertz CT molecular complexity index is 1080. The number of carbonyl (C=O) groups excluding carboxylic acids is 1. The van der Waals surface area contributed by atoms with Crippen molar-refractivity contribution in [3.63, 3.8) is 0 Å². The van der Waals surface area contributed by atoms with E-state index in [4.69, 9.17) is 9.47 Å². The Balaban J connectivity index is 1.24. The Hall–Kier alpha value is -3.54. The molecule has 2 heterocycles.